The third kappa shape index (κ3) is 5.24. The molecule has 4 N–H and O–H groups in total. The van der Waals surface area contributed by atoms with Crippen LogP contribution in [-0.4, -0.2) is 97.5 Å². The normalized spacial score (nSPS) is 40.1. The molecule has 0 saturated carbocycles. The molecule has 2 heterocycles. The molecule has 0 aliphatic carbocycles. The van der Waals surface area contributed by atoms with E-state index in [1.807, 2.05) is 11.9 Å². The van der Waals surface area contributed by atoms with Gasteiger partial charge in [-0.05, 0) is 32.7 Å². The summed E-state index contributed by atoms with van der Waals surface area (Å²) < 4.78 is 17.5. The van der Waals surface area contributed by atoms with Crippen molar-refractivity contribution >= 4 is 28.3 Å². The molecular formula is C18H33ClN2O6S. The van der Waals surface area contributed by atoms with Gasteiger partial charge in [-0.15, -0.1) is 11.6 Å². The van der Waals surface area contributed by atoms with Gasteiger partial charge in [0.2, 0.25) is 5.91 Å². The van der Waals surface area contributed by atoms with E-state index in [4.69, 9.17) is 16.3 Å². The minimum absolute atomic E-state index is 0.218. The number of nitrogens with zero attached hydrogens (tertiary/aromatic N) is 1. The van der Waals surface area contributed by atoms with E-state index in [-0.39, 0.29) is 11.9 Å². The second-order valence-corrected chi connectivity index (χ2v) is 10.1. The molecule has 2 fully saturated rings. The van der Waals surface area contributed by atoms with Gasteiger partial charge in [-0.2, -0.15) is 0 Å². The molecule has 0 bridgehead atoms. The molecule has 10 heteroatoms. The van der Waals surface area contributed by atoms with Gasteiger partial charge in [0.15, 0.2) is 5.44 Å². The summed E-state index contributed by atoms with van der Waals surface area (Å²) >= 11 is 6.28. The smallest absolute Gasteiger partial charge is 0.237 e. The van der Waals surface area contributed by atoms with Gasteiger partial charge in [-0.3, -0.25) is 13.9 Å². The molecule has 2 aliphatic rings. The molecule has 0 unspecified atom stereocenters. The molecular weight excluding hydrogens is 408 g/mol. The molecule has 1 amide bonds. The molecule has 0 spiro atoms. The average molecular weight is 441 g/mol. The Labute approximate surface area is 174 Å². The highest BCUT2D eigenvalue weighted by Gasteiger charge is 2.49. The van der Waals surface area contributed by atoms with E-state index in [0.29, 0.717) is 5.92 Å². The number of likely N-dealkylation sites (N-methyl/N-ethyl adjacent to an activating group) is 1. The summed E-state index contributed by atoms with van der Waals surface area (Å²) in [6.45, 7) is 4.61. The Morgan fingerprint density at radius 2 is 1.96 bits per heavy atom. The van der Waals surface area contributed by atoms with Crippen LogP contribution in [0.5, 0.6) is 0 Å². The first kappa shape index (κ1) is 24.0. The van der Waals surface area contributed by atoms with Gasteiger partial charge in [-0.25, -0.2) is 0 Å². The number of rotatable bonds is 7. The minimum Gasteiger partial charge on any atom is -0.388 e. The first-order chi connectivity index (χ1) is 13.1. The predicted molar refractivity (Wildman–Crippen MR) is 107 cm³/mol. The van der Waals surface area contributed by atoms with E-state index in [1.54, 1.807) is 6.92 Å². The Balaban J connectivity index is 2.14. The summed E-state index contributed by atoms with van der Waals surface area (Å²) in [5.41, 5.74) is -1.18. The minimum atomic E-state index is -1.60. The molecule has 0 aromatic carbocycles. The van der Waals surface area contributed by atoms with Crippen molar-refractivity contribution in [3.8, 4) is 0 Å². The monoisotopic (exact) mass is 440 g/mol. The second-order valence-electron chi connectivity index (χ2n) is 8.00. The van der Waals surface area contributed by atoms with Gasteiger partial charge in [0.05, 0.1) is 28.3 Å². The highest BCUT2D eigenvalue weighted by Crippen LogP contribution is 2.29. The number of halogens is 1. The van der Waals surface area contributed by atoms with Crippen molar-refractivity contribution < 1.29 is 29.1 Å². The number of hydrogen-bond donors (Lipinski definition) is 4. The second kappa shape index (κ2) is 10.1. The van der Waals surface area contributed by atoms with Gasteiger partial charge < -0.3 is 25.4 Å². The fraction of sp³-hybridized carbons (Fsp3) is 0.944. The SMILES string of the molecule is CCC[C@@H]1C[C@@H](C(=O)N[C@@H]([C@H]2O[C@H]([S@@](C)=O)[C@H](O)[C@@H](O)[C@H]2O)[C@H](C)Cl)N(C)C1. The molecule has 164 valence electrons. The fourth-order valence-electron chi connectivity index (χ4n) is 4.19. The molecule has 0 radical (unpaired) electrons. The lowest BCUT2D eigenvalue weighted by atomic mass is 9.92. The first-order valence-corrected chi connectivity index (χ1v) is 11.8. The largest absolute Gasteiger partial charge is 0.388 e. The van der Waals surface area contributed by atoms with Crippen molar-refractivity contribution in [3.63, 3.8) is 0 Å². The number of carbonyl (C=O) groups is 1. The third-order valence-electron chi connectivity index (χ3n) is 5.73. The van der Waals surface area contributed by atoms with Crippen molar-refractivity contribution in [1.82, 2.24) is 10.2 Å². The van der Waals surface area contributed by atoms with Crippen LogP contribution in [0, 0.1) is 5.92 Å². The molecule has 2 saturated heterocycles. The summed E-state index contributed by atoms with van der Waals surface area (Å²) in [6, 6.07) is -1.13. The van der Waals surface area contributed by atoms with E-state index < -0.39 is 52.1 Å². The quantitative estimate of drug-likeness (QED) is 0.390. The molecule has 0 aromatic heterocycles. The van der Waals surface area contributed by atoms with Gasteiger partial charge in [0, 0.05) is 12.8 Å². The molecule has 2 aliphatic heterocycles. The number of aliphatic hydroxyl groups is 3. The Hall–Kier alpha value is -0.290. The Bertz CT molecular complexity index is 568. The molecule has 8 nitrogen and oxygen atoms in total. The lowest BCUT2D eigenvalue weighted by Gasteiger charge is -2.43. The standard InChI is InChI=1S/C18H33ClN2O6S/c1-5-6-10-7-11(21(3)8-10)17(25)20-12(9(2)19)16-14(23)13(22)15(24)18(27-16)28(4)26/h9-16,18,22-24H,5-8H2,1-4H3,(H,20,25)/t9-,10+,11-,12+,13-,14+,15+,16+,18+,28+/m0/s1. The summed E-state index contributed by atoms with van der Waals surface area (Å²) in [5.74, 6) is 0.238. The number of carbonyl (C=O) groups excluding carboxylic acids is 1. The Morgan fingerprint density at radius 1 is 1.32 bits per heavy atom. The maximum Gasteiger partial charge on any atom is 0.237 e. The fourth-order valence-corrected chi connectivity index (χ4v) is 5.24. The van der Waals surface area contributed by atoms with E-state index >= 15 is 0 Å². The van der Waals surface area contributed by atoms with Crippen LogP contribution in [0.4, 0.5) is 0 Å². The number of alkyl halides is 1. The maximum absolute atomic E-state index is 12.9. The lowest BCUT2D eigenvalue weighted by molar-refractivity contribution is -0.206. The predicted octanol–water partition coefficient (Wildman–Crippen LogP) is -0.595. The molecule has 0 aromatic rings. The van der Waals surface area contributed by atoms with Crippen molar-refractivity contribution in [2.24, 2.45) is 5.92 Å². The van der Waals surface area contributed by atoms with E-state index in [9.17, 15) is 24.3 Å². The topological polar surface area (TPSA) is 119 Å². The highest BCUT2D eigenvalue weighted by atomic mass is 35.5. The maximum atomic E-state index is 12.9. The van der Waals surface area contributed by atoms with Crippen molar-refractivity contribution in [3.05, 3.63) is 0 Å². The van der Waals surface area contributed by atoms with E-state index in [1.165, 1.54) is 6.26 Å². The van der Waals surface area contributed by atoms with Crippen molar-refractivity contribution in [1.29, 1.82) is 0 Å². The van der Waals surface area contributed by atoms with Crippen LogP contribution >= 0.6 is 11.6 Å². The van der Waals surface area contributed by atoms with Gasteiger partial charge in [-0.1, -0.05) is 13.3 Å². The zero-order valence-corrected chi connectivity index (χ0v) is 18.4. The van der Waals surface area contributed by atoms with Crippen LogP contribution in [0.3, 0.4) is 0 Å². The zero-order chi connectivity index (χ0) is 21.2. The van der Waals surface area contributed by atoms with Gasteiger partial charge in [0.1, 0.15) is 24.4 Å². The number of hydrogen-bond acceptors (Lipinski definition) is 7. The number of aliphatic hydroxyl groups excluding tert-OH is 3. The number of likely N-dealkylation sites (tertiary alicyclic amines) is 1. The highest BCUT2D eigenvalue weighted by molar-refractivity contribution is 7.84. The van der Waals surface area contributed by atoms with Crippen LogP contribution in [0.15, 0.2) is 0 Å². The average Bonchev–Trinajstić information content (AvgIpc) is 2.98. The van der Waals surface area contributed by atoms with Crippen LogP contribution < -0.4 is 5.32 Å². The summed E-state index contributed by atoms with van der Waals surface area (Å²) in [5, 5.41) is 32.8. The van der Waals surface area contributed by atoms with Crippen LogP contribution in [0.2, 0.25) is 0 Å². The lowest BCUT2D eigenvalue weighted by Crippen LogP contribution is -2.66. The number of amides is 1. The first-order valence-electron chi connectivity index (χ1n) is 9.75. The van der Waals surface area contributed by atoms with Crippen molar-refractivity contribution in [2.75, 3.05) is 19.8 Å². The van der Waals surface area contributed by atoms with Crippen LogP contribution in [0.1, 0.15) is 33.1 Å². The van der Waals surface area contributed by atoms with Crippen LogP contribution in [-0.2, 0) is 20.3 Å². The summed E-state index contributed by atoms with van der Waals surface area (Å²) in [4.78, 5) is 14.9. The van der Waals surface area contributed by atoms with Gasteiger partial charge in [0.25, 0.3) is 0 Å². The molecule has 28 heavy (non-hydrogen) atoms. The van der Waals surface area contributed by atoms with Crippen molar-refractivity contribution in [2.45, 2.75) is 80.4 Å². The van der Waals surface area contributed by atoms with Crippen LogP contribution in [0.25, 0.3) is 0 Å². The number of ether oxygens (including phenoxy) is 1. The summed E-state index contributed by atoms with van der Waals surface area (Å²) in [6.07, 6.45) is -1.41. The third-order valence-corrected chi connectivity index (χ3v) is 7.04. The zero-order valence-electron chi connectivity index (χ0n) is 16.8. The van der Waals surface area contributed by atoms with Gasteiger partial charge >= 0.3 is 0 Å². The molecule has 10 atom stereocenters. The molecule has 2 rings (SSSR count). The Morgan fingerprint density at radius 3 is 2.50 bits per heavy atom. The summed E-state index contributed by atoms with van der Waals surface area (Å²) in [7, 11) is 0.301. The van der Waals surface area contributed by atoms with E-state index in [2.05, 4.69) is 12.2 Å². The number of nitrogens with one attached hydrogen (secondary N) is 1. The Kier molecular flexibility index (Phi) is 8.69. The van der Waals surface area contributed by atoms with E-state index in [0.717, 1.165) is 25.8 Å².